The topological polar surface area (TPSA) is 64.6 Å². The first-order chi connectivity index (χ1) is 10.8. The largest absolute Gasteiger partial charge is 0.495 e. The van der Waals surface area contributed by atoms with E-state index in [-0.39, 0.29) is 15.7 Å². The first kappa shape index (κ1) is 18.4. The van der Waals surface area contributed by atoms with Crippen molar-refractivity contribution in [3.63, 3.8) is 0 Å². The molecule has 9 heteroatoms. The molecule has 0 unspecified atom stereocenters. The van der Waals surface area contributed by atoms with Gasteiger partial charge in [0.05, 0.1) is 24.4 Å². The quantitative estimate of drug-likeness (QED) is 0.668. The highest BCUT2D eigenvalue weighted by Gasteiger charge is 2.24. The number of rotatable bonds is 5. The van der Waals surface area contributed by atoms with E-state index in [4.69, 9.17) is 21.1 Å². The van der Waals surface area contributed by atoms with Crippen LogP contribution in [0.3, 0.4) is 0 Å². The summed E-state index contributed by atoms with van der Waals surface area (Å²) in [6, 6.07) is 7.86. The standard InChI is InChI=1S/C14H12Br2ClNO4S/c1-21-12-4-3-8(15)5-11(12)18-23(19,20)13-7-9(17)6-10(16)14(13)22-2/h3-7,18H,1-2H3. The summed E-state index contributed by atoms with van der Waals surface area (Å²) in [5.41, 5.74) is 0.292. The van der Waals surface area contributed by atoms with E-state index in [1.807, 2.05) is 0 Å². The van der Waals surface area contributed by atoms with E-state index >= 15 is 0 Å². The maximum atomic E-state index is 12.7. The van der Waals surface area contributed by atoms with Crippen LogP contribution in [0, 0.1) is 0 Å². The zero-order chi connectivity index (χ0) is 17.2. The number of ether oxygens (including phenoxy) is 2. The SMILES string of the molecule is COc1ccc(Br)cc1NS(=O)(=O)c1cc(Cl)cc(Br)c1OC. The number of anilines is 1. The van der Waals surface area contributed by atoms with Crippen molar-refractivity contribution in [2.75, 3.05) is 18.9 Å². The Kier molecular flexibility index (Phi) is 5.83. The summed E-state index contributed by atoms with van der Waals surface area (Å²) in [6.07, 6.45) is 0. The van der Waals surface area contributed by atoms with Gasteiger partial charge in [0.1, 0.15) is 10.6 Å². The summed E-state index contributed by atoms with van der Waals surface area (Å²) in [5, 5.41) is 0.263. The third kappa shape index (κ3) is 4.12. The summed E-state index contributed by atoms with van der Waals surface area (Å²) in [5.74, 6) is 0.549. The number of nitrogens with one attached hydrogen (secondary N) is 1. The van der Waals surface area contributed by atoms with Crippen LogP contribution in [0.2, 0.25) is 5.02 Å². The van der Waals surface area contributed by atoms with E-state index < -0.39 is 10.0 Å². The number of halogens is 3. The van der Waals surface area contributed by atoms with E-state index in [1.165, 1.54) is 20.3 Å². The monoisotopic (exact) mass is 483 g/mol. The number of hydrogen-bond donors (Lipinski definition) is 1. The van der Waals surface area contributed by atoms with Crippen LogP contribution in [-0.2, 0) is 10.0 Å². The van der Waals surface area contributed by atoms with Crippen LogP contribution < -0.4 is 14.2 Å². The molecule has 1 N–H and O–H groups in total. The third-order valence-electron chi connectivity index (χ3n) is 2.87. The van der Waals surface area contributed by atoms with E-state index in [2.05, 4.69) is 36.6 Å². The van der Waals surface area contributed by atoms with Crippen LogP contribution in [0.5, 0.6) is 11.5 Å². The highest BCUT2D eigenvalue weighted by Crippen LogP contribution is 2.37. The summed E-state index contributed by atoms with van der Waals surface area (Å²) in [6.45, 7) is 0. The van der Waals surface area contributed by atoms with Gasteiger partial charge in [-0.05, 0) is 46.3 Å². The van der Waals surface area contributed by atoms with Crippen LogP contribution in [0.1, 0.15) is 0 Å². The molecule has 0 aliphatic heterocycles. The van der Waals surface area contributed by atoms with Crippen LogP contribution >= 0.6 is 43.5 Å². The highest BCUT2D eigenvalue weighted by atomic mass is 79.9. The van der Waals surface area contributed by atoms with E-state index in [9.17, 15) is 8.42 Å². The third-order valence-corrected chi connectivity index (χ3v) is 5.55. The van der Waals surface area contributed by atoms with Crippen molar-refractivity contribution in [2.24, 2.45) is 0 Å². The van der Waals surface area contributed by atoms with Gasteiger partial charge in [-0.1, -0.05) is 27.5 Å². The van der Waals surface area contributed by atoms with Crippen molar-refractivity contribution in [1.29, 1.82) is 0 Å². The molecule has 2 rings (SSSR count). The van der Waals surface area contributed by atoms with Gasteiger partial charge in [0.2, 0.25) is 0 Å². The Morgan fingerprint density at radius 1 is 1.09 bits per heavy atom. The van der Waals surface area contributed by atoms with Gasteiger partial charge < -0.3 is 9.47 Å². The maximum Gasteiger partial charge on any atom is 0.265 e. The smallest absolute Gasteiger partial charge is 0.265 e. The second kappa shape index (κ2) is 7.29. The Hall–Kier alpha value is -0.960. The Morgan fingerprint density at radius 3 is 2.39 bits per heavy atom. The molecule has 0 heterocycles. The number of benzene rings is 2. The van der Waals surface area contributed by atoms with Crippen LogP contribution in [0.15, 0.2) is 44.2 Å². The molecule has 2 aromatic carbocycles. The molecule has 2 aromatic rings. The van der Waals surface area contributed by atoms with Crippen LogP contribution in [-0.4, -0.2) is 22.6 Å². The zero-order valence-corrected chi connectivity index (χ0v) is 16.8. The molecule has 23 heavy (non-hydrogen) atoms. The number of hydrogen-bond acceptors (Lipinski definition) is 4. The van der Waals surface area contributed by atoms with Gasteiger partial charge in [0, 0.05) is 9.50 Å². The molecule has 0 fully saturated rings. The minimum Gasteiger partial charge on any atom is -0.495 e. The molecule has 0 aliphatic carbocycles. The Balaban J connectivity index is 2.54. The lowest BCUT2D eigenvalue weighted by Gasteiger charge is -2.15. The van der Waals surface area contributed by atoms with Crippen LogP contribution in [0.25, 0.3) is 0 Å². The Labute approximate surface area is 156 Å². The normalized spacial score (nSPS) is 11.2. The van der Waals surface area contributed by atoms with E-state index in [1.54, 1.807) is 24.3 Å². The summed E-state index contributed by atoms with van der Waals surface area (Å²) >= 11 is 12.5. The second-order valence-corrected chi connectivity index (χ2v) is 8.23. The molecule has 0 atom stereocenters. The fourth-order valence-electron chi connectivity index (χ4n) is 1.89. The molecule has 5 nitrogen and oxygen atoms in total. The highest BCUT2D eigenvalue weighted by molar-refractivity contribution is 9.10. The molecule has 0 aliphatic rings. The molecule has 0 saturated carbocycles. The van der Waals surface area contributed by atoms with Crippen molar-refractivity contribution in [1.82, 2.24) is 0 Å². The predicted octanol–water partition coefficient (Wildman–Crippen LogP) is 4.68. The van der Waals surface area contributed by atoms with Crippen molar-refractivity contribution in [3.8, 4) is 11.5 Å². The molecular weight excluding hydrogens is 473 g/mol. The lowest BCUT2D eigenvalue weighted by molar-refractivity contribution is 0.400. The summed E-state index contributed by atoms with van der Waals surface area (Å²) in [4.78, 5) is -0.0820. The van der Waals surface area contributed by atoms with Crippen molar-refractivity contribution < 1.29 is 17.9 Å². The van der Waals surface area contributed by atoms with E-state index in [0.29, 0.717) is 20.4 Å². The van der Waals surface area contributed by atoms with Crippen LogP contribution in [0.4, 0.5) is 5.69 Å². The first-order valence-corrected chi connectivity index (χ1v) is 9.62. The number of methoxy groups -OCH3 is 2. The summed E-state index contributed by atoms with van der Waals surface area (Å²) < 4.78 is 39.4. The van der Waals surface area contributed by atoms with Crippen molar-refractivity contribution in [3.05, 3.63) is 44.3 Å². The molecule has 0 amide bonds. The Bertz CT molecular complexity index is 843. The van der Waals surface area contributed by atoms with Crippen molar-refractivity contribution in [2.45, 2.75) is 4.90 Å². The van der Waals surface area contributed by atoms with Gasteiger partial charge in [-0.2, -0.15) is 0 Å². The maximum absolute atomic E-state index is 12.7. The van der Waals surface area contributed by atoms with Gasteiger partial charge in [-0.25, -0.2) is 8.42 Å². The fraction of sp³-hybridized carbons (Fsp3) is 0.143. The molecule has 0 bridgehead atoms. The average Bonchev–Trinajstić information content (AvgIpc) is 2.46. The predicted molar refractivity (Wildman–Crippen MR) is 97.2 cm³/mol. The summed E-state index contributed by atoms with van der Waals surface area (Å²) in [7, 11) is -1.10. The minimum absolute atomic E-state index is 0.0820. The number of sulfonamides is 1. The minimum atomic E-state index is -3.94. The van der Waals surface area contributed by atoms with E-state index in [0.717, 1.165) is 0 Å². The molecule has 124 valence electrons. The average molecular weight is 486 g/mol. The Morgan fingerprint density at radius 2 is 1.78 bits per heavy atom. The lowest BCUT2D eigenvalue weighted by atomic mass is 10.3. The molecule has 0 radical (unpaired) electrons. The molecule has 0 aromatic heterocycles. The fourth-order valence-corrected chi connectivity index (χ4v) is 4.70. The van der Waals surface area contributed by atoms with Gasteiger partial charge in [0.25, 0.3) is 10.0 Å². The molecule has 0 spiro atoms. The zero-order valence-electron chi connectivity index (χ0n) is 12.1. The van der Waals surface area contributed by atoms with Gasteiger partial charge >= 0.3 is 0 Å². The van der Waals surface area contributed by atoms with Gasteiger partial charge in [0.15, 0.2) is 5.75 Å². The molecule has 0 saturated heterocycles. The lowest BCUT2D eigenvalue weighted by Crippen LogP contribution is -2.15. The molecular formula is C14H12Br2ClNO4S. The van der Waals surface area contributed by atoms with Crippen molar-refractivity contribution >= 4 is 59.2 Å². The second-order valence-electron chi connectivity index (χ2n) is 4.37. The first-order valence-electron chi connectivity index (χ1n) is 6.18. The van der Waals surface area contributed by atoms with Gasteiger partial charge in [-0.3, -0.25) is 4.72 Å². The van der Waals surface area contributed by atoms with Gasteiger partial charge in [-0.15, -0.1) is 0 Å².